The van der Waals surface area contributed by atoms with E-state index in [1.807, 2.05) is 6.07 Å². The third kappa shape index (κ3) is 2.10. The van der Waals surface area contributed by atoms with Crippen LogP contribution in [0.3, 0.4) is 0 Å². The molecule has 2 aromatic rings. The monoisotopic (exact) mass is 261 g/mol. The normalized spacial score (nSPS) is 20.8. The molecule has 1 aromatic heterocycles. The first-order valence-electron chi connectivity index (χ1n) is 6.68. The predicted molar refractivity (Wildman–Crippen MR) is 77.3 cm³/mol. The van der Waals surface area contributed by atoms with E-state index in [2.05, 4.69) is 39.6 Å². The van der Waals surface area contributed by atoms with Crippen LogP contribution in [0.5, 0.6) is 0 Å². The minimum absolute atomic E-state index is 0.732. The molecule has 4 heteroatoms. The summed E-state index contributed by atoms with van der Waals surface area (Å²) in [6, 6.07) is 8.36. The van der Waals surface area contributed by atoms with E-state index >= 15 is 0 Å². The number of nitrogens with zero attached hydrogens (tertiary/aromatic N) is 2. The third-order valence-corrected chi connectivity index (χ3v) is 4.26. The number of H-pyrrole nitrogens is 1. The van der Waals surface area contributed by atoms with Crippen LogP contribution < -0.4 is 0 Å². The molecular formula is C14H19N3S. The number of para-hydroxylation sites is 2. The molecule has 96 valence electrons. The summed E-state index contributed by atoms with van der Waals surface area (Å²) in [5.74, 6) is 0.732. The maximum absolute atomic E-state index is 5.44. The van der Waals surface area contributed by atoms with Gasteiger partial charge in [-0.1, -0.05) is 19.1 Å². The van der Waals surface area contributed by atoms with Gasteiger partial charge in [0.2, 0.25) is 0 Å². The fourth-order valence-electron chi connectivity index (χ4n) is 2.90. The Labute approximate surface area is 112 Å². The van der Waals surface area contributed by atoms with Crippen molar-refractivity contribution in [2.75, 3.05) is 19.6 Å². The third-order valence-electron chi connectivity index (χ3n) is 3.94. The molecule has 0 saturated carbocycles. The summed E-state index contributed by atoms with van der Waals surface area (Å²) in [4.78, 5) is 5.81. The summed E-state index contributed by atoms with van der Waals surface area (Å²) in [7, 11) is 0. The average molecular weight is 261 g/mol. The van der Waals surface area contributed by atoms with Crippen molar-refractivity contribution in [1.29, 1.82) is 0 Å². The zero-order valence-corrected chi connectivity index (χ0v) is 11.5. The largest absolute Gasteiger partial charge is 0.331 e. The molecule has 1 N–H and O–H groups in total. The molecule has 1 unspecified atom stereocenters. The van der Waals surface area contributed by atoms with Gasteiger partial charge < -0.3 is 14.5 Å². The van der Waals surface area contributed by atoms with Gasteiger partial charge in [0.05, 0.1) is 11.0 Å². The number of likely N-dealkylation sites (tertiary alicyclic amines) is 1. The Balaban J connectivity index is 1.87. The fraction of sp³-hybridized carbons (Fsp3) is 0.500. The van der Waals surface area contributed by atoms with E-state index in [0.717, 1.165) is 29.3 Å². The summed E-state index contributed by atoms with van der Waals surface area (Å²) in [6.45, 7) is 6.88. The second-order valence-corrected chi connectivity index (χ2v) is 5.49. The Morgan fingerprint density at radius 3 is 3.00 bits per heavy atom. The van der Waals surface area contributed by atoms with E-state index < -0.39 is 0 Å². The maximum Gasteiger partial charge on any atom is 0.178 e. The molecule has 0 bridgehead atoms. The fourth-order valence-corrected chi connectivity index (χ4v) is 3.18. The van der Waals surface area contributed by atoms with Gasteiger partial charge in [0.25, 0.3) is 0 Å². The lowest BCUT2D eigenvalue weighted by Gasteiger charge is -2.14. The van der Waals surface area contributed by atoms with Crippen molar-refractivity contribution in [3.63, 3.8) is 0 Å². The van der Waals surface area contributed by atoms with E-state index in [4.69, 9.17) is 12.2 Å². The van der Waals surface area contributed by atoms with Gasteiger partial charge in [0.1, 0.15) is 0 Å². The molecule has 0 amide bonds. The van der Waals surface area contributed by atoms with Gasteiger partial charge in [-0.2, -0.15) is 0 Å². The van der Waals surface area contributed by atoms with Crippen LogP contribution in [-0.2, 0) is 6.54 Å². The van der Waals surface area contributed by atoms with Crippen LogP contribution in [0.2, 0.25) is 0 Å². The maximum atomic E-state index is 5.44. The molecule has 1 aliphatic heterocycles. The summed E-state index contributed by atoms with van der Waals surface area (Å²) < 4.78 is 3.11. The summed E-state index contributed by atoms with van der Waals surface area (Å²) in [5, 5.41) is 0. The van der Waals surface area contributed by atoms with E-state index in [-0.39, 0.29) is 0 Å². The molecular weight excluding hydrogens is 242 g/mol. The van der Waals surface area contributed by atoms with Gasteiger partial charge >= 0.3 is 0 Å². The lowest BCUT2D eigenvalue weighted by molar-refractivity contribution is 0.333. The van der Waals surface area contributed by atoms with Crippen LogP contribution >= 0.6 is 12.2 Å². The van der Waals surface area contributed by atoms with Crippen molar-refractivity contribution in [1.82, 2.24) is 14.5 Å². The molecule has 18 heavy (non-hydrogen) atoms. The van der Waals surface area contributed by atoms with Gasteiger partial charge in [-0.15, -0.1) is 0 Å². The van der Waals surface area contributed by atoms with Crippen LogP contribution in [-0.4, -0.2) is 34.1 Å². The summed E-state index contributed by atoms with van der Waals surface area (Å²) in [5.41, 5.74) is 2.38. The molecule has 1 aliphatic rings. The van der Waals surface area contributed by atoms with E-state index in [9.17, 15) is 0 Å². The smallest absolute Gasteiger partial charge is 0.178 e. The lowest BCUT2D eigenvalue weighted by Crippen LogP contribution is -2.21. The van der Waals surface area contributed by atoms with Crippen molar-refractivity contribution < 1.29 is 0 Å². The van der Waals surface area contributed by atoms with Crippen LogP contribution in [0.25, 0.3) is 11.0 Å². The van der Waals surface area contributed by atoms with Crippen LogP contribution in [0, 0.1) is 10.7 Å². The van der Waals surface area contributed by atoms with Crippen molar-refractivity contribution >= 4 is 23.3 Å². The zero-order chi connectivity index (χ0) is 12.5. The van der Waals surface area contributed by atoms with E-state index in [1.54, 1.807) is 0 Å². The number of aromatic nitrogens is 2. The van der Waals surface area contributed by atoms with Crippen LogP contribution in [0.4, 0.5) is 0 Å². The van der Waals surface area contributed by atoms with E-state index in [1.165, 1.54) is 25.0 Å². The number of hydrogen-bond donors (Lipinski definition) is 1. The second kappa shape index (κ2) is 4.86. The first-order chi connectivity index (χ1) is 8.78. The molecule has 1 atom stereocenters. The van der Waals surface area contributed by atoms with Gasteiger partial charge in [0.15, 0.2) is 4.77 Å². The lowest BCUT2D eigenvalue weighted by atomic mass is 10.1. The highest BCUT2D eigenvalue weighted by molar-refractivity contribution is 7.71. The van der Waals surface area contributed by atoms with Gasteiger partial charge in [-0.05, 0) is 49.8 Å². The Morgan fingerprint density at radius 2 is 2.22 bits per heavy atom. The quantitative estimate of drug-likeness (QED) is 0.859. The van der Waals surface area contributed by atoms with Crippen molar-refractivity contribution in [3.8, 4) is 0 Å². The number of hydrogen-bond acceptors (Lipinski definition) is 2. The number of aromatic amines is 1. The molecule has 0 aliphatic carbocycles. The first kappa shape index (κ1) is 11.9. The summed E-state index contributed by atoms with van der Waals surface area (Å²) in [6.07, 6.45) is 1.29. The van der Waals surface area contributed by atoms with Crippen LogP contribution in [0.1, 0.15) is 13.3 Å². The molecule has 3 nitrogen and oxygen atoms in total. The van der Waals surface area contributed by atoms with Gasteiger partial charge in [-0.3, -0.25) is 0 Å². The number of fused-ring (bicyclic) bond motifs is 1. The minimum Gasteiger partial charge on any atom is -0.331 e. The highest BCUT2D eigenvalue weighted by Gasteiger charge is 2.22. The predicted octanol–water partition coefficient (Wildman–Crippen LogP) is 3.04. The molecule has 2 heterocycles. The molecule has 1 saturated heterocycles. The topological polar surface area (TPSA) is 24.0 Å². The SMILES string of the molecule is CCN1CCC(Cn2c(=S)[nH]c3ccccc32)C1. The Morgan fingerprint density at radius 1 is 1.39 bits per heavy atom. The van der Waals surface area contributed by atoms with Crippen molar-refractivity contribution in [2.45, 2.75) is 19.9 Å². The molecule has 0 spiro atoms. The van der Waals surface area contributed by atoms with Crippen molar-refractivity contribution in [2.24, 2.45) is 5.92 Å². The molecule has 3 rings (SSSR count). The Bertz CT molecular complexity index is 598. The Kier molecular flexibility index (Phi) is 3.22. The molecule has 1 fully saturated rings. The van der Waals surface area contributed by atoms with Crippen molar-refractivity contribution in [3.05, 3.63) is 29.0 Å². The highest BCUT2D eigenvalue weighted by Crippen LogP contribution is 2.21. The average Bonchev–Trinajstić information content (AvgIpc) is 2.96. The minimum atomic E-state index is 0.732. The highest BCUT2D eigenvalue weighted by atomic mass is 32.1. The number of rotatable bonds is 3. The molecule has 0 radical (unpaired) electrons. The standard InChI is InChI=1S/C14H19N3S/c1-2-16-8-7-11(9-16)10-17-13-6-4-3-5-12(13)15-14(17)18/h3-6,11H,2,7-10H2,1H3,(H,15,18). The van der Waals surface area contributed by atoms with E-state index in [0.29, 0.717) is 0 Å². The first-order valence-corrected chi connectivity index (χ1v) is 7.08. The summed E-state index contributed by atoms with van der Waals surface area (Å²) >= 11 is 5.44. The number of imidazole rings is 1. The number of nitrogens with one attached hydrogen (secondary N) is 1. The number of benzene rings is 1. The van der Waals surface area contributed by atoms with Crippen LogP contribution in [0.15, 0.2) is 24.3 Å². The Hall–Kier alpha value is -1.13. The van der Waals surface area contributed by atoms with Gasteiger partial charge in [-0.25, -0.2) is 0 Å². The zero-order valence-electron chi connectivity index (χ0n) is 10.7. The molecule has 1 aromatic carbocycles. The second-order valence-electron chi connectivity index (χ2n) is 5.11. The van der Waals surface area contributed by atoms with Gasteiger partial charge in [0, 0.05) is 13.1 Å².